The smallest absolute Gasteiger partial charge is 0.338 e. The van der Waals surface area contributed by atoms with Crippen LogP contribution in [0.3, 0.4) is 0 Å². The highest BCUT2D eigenvalue weighted by molar-refractivity contribution is 5.89. The summed E-state index contributed by atoms with van der Waals surface area (Å²) >= 11 is 0. The lowest BCUT2D eigenvalue weighted by molar-refractivity contribution is -0.352. The van der Waals surface area contributed by atoms with Gasteiger partial charge in [-0.05, 0) is 23.8 Å². The molecule has 1 aliphatic carbocycles. The van der Waals surface area contributed by atoms with Crippen LogP contribution in [0.2, 0.25) is 0 Å². The number of aliphatic hydroxyl groups is 8. The van der Waals surface area contributed by atoms with E-state index in [4.69, 9.17) is 28.4 Å². The molecular weight excluding hydrogens is 576 g/mol. The second-order valence-corrected chi connectivity index (χ2v) is 10.8. The van der Waals surface area contributed by atoms with Crippen molar-refractivity contribution in [3.8, 4) is 0 Å². The van der Waals surface area contributed by atoms with Crippen molar-refractivity contribution >= 4 is 5.97 Å². The quantitative estimate of drug-likeness (QED) is 0.102. The fraction of sp³-hybridized carbons (Fsp3) is 0.607. The van der Waals surface area contributed by atoms with Gasteiger partial charge in [-0.3, -0.25) is 0 Å². The van der Waals surface area contributed by atoms with Gasteiger partial charge in [-0.2, -0.15) is 0 Å². The van der Waals surface area contributed by atoms with Gasteiger partial charge in [0.2, 0.25) is 6.29 Å². The first-order chi connectivity index (χ1) is 20.6. The molecule has 0 unspecified atom stereocenters. The van der Waals surface area contributed by atoms with E-state index in [1.54, 1.807) is 36.4 Å². The Morgan fingerprint density at radius 1 is 0.791 bits per heavy atom. The molecule has 8 N–H and O–H groups in total. The van der Waals surface area contributed by atoms with E-state index >= 15 is 0 Å². The third kappa shape index (κ3) is 6.63. The lowest BCUT2D eigenvalue weighted by Gasteiger charge is -2.44. The first-order valence-corrected chi connectivity index (χ1v) is 13.8. The van der Waals surface area contributed by atoms with Crippen molar-refractivity contribution in [1.82, 2.24) is 0 Å². The molecule has 3 aliphatic heterocycles. The number of carbonyl (C=O) groups is 1. The summed E-state index contributed by atoms with van der Waals surface area (Å²) in [6, 6.07) is 8.34. The van der Waals surface area contributed by atoms with Gasteiger partial charge in [-0.15, -0.1) is 0 Å². The third-order valence-corrected chi connectivity index (χ3v) is 8.02. The van der Waals surface area contributed by atoms with Crippen molar-refractivity contribution in [2.45, 2.75) is 73.8 Å². The number of carbonyl (C=O) groups excluding carboxylic acids is 1. The summed E-state index contributed by atoms with van der Waals surface area (Å²) in [5.74, 6) is -1.77. The minimum atomic E-state index is -1.77. The fourth-order valence-corrected chi connectivity index (χ4v) is 5.55. The minimum absolute atomic E-state index is 0.187. The predicted molar refractivity (Wildman–Crippen MR) is 139 cm³/mol. The van der Waals surface area contributed by atoms with Crippen LogP contribution < -0.4 is 0 Å². The van der Waals surface area contributed by atoms with Gasteiger partial charge in [0, 0.05) is 5.92 Å². The van der Waals surface area contributed by atoms with E-state index in [-0.39, 0.29) is 6.61 Å². The maximum Gasteiger partial charge on any atom is 0.338 e. The Kier molecular flexibility index (Phi) is 10.1. The van der Waals surface area contributed by atoms with E-state index in [0.29, 0.717) is 11.1 Å². The van der Waals surface area contributed by atoms with Crippen LogP contribution in [-0.2, 0) is 28.4 Å². The molecule has 2 fully saturated rings. The van der Waals surface area contributed by atoms with Gasteiger partial charge in [-0.25, -0.2) is 4.79 Å². The van der Waals surface area contributed by atoms with Crippen LogP contribution in [0.4, 0.5) is 0 Å². The normalized spacial score (nSPS) is 42.6. The average Bonchev–Trinajstić information content (AvgIpc) is 3.35. The van der Waals surface area contributed by atoms with Crippen LogP contribution in [-0.4, -0.2) is 140 Å². The number of hydrogen-bond donors (Lipinski definition) is 8. The summed E-state index contributed by atoms with van der Waals surface area (Å²) in [5, 5.41) is 81.9. The van der Waals surface area contributed by atoms with E-state index in [1.165, 1.54) is 12.3 Å². The molecule has 238 valence electrons. The Balaban J connectivity index is 1.24. The maximum absolute atomic E-state index is 12.5. The van der Waals surface area contributed by atoms with E-state index in [1.807, 2.05) is 0 Å². The first-order valence-electron chi connectivity index (χ1n) is 13.8. The monoisotopic (exact) mass is 612 g/mol. The Bertz CT molecular complexity index is 1140. The van der Waals surface area contributed by atoms with Gasteiger partial charge >= 0.3 is 5.97 Å². The standard InChI is InChI=1S/C28H36O15/c29-9-16-19(31)21(33)23(35)27(41-16)40-11-17-20(32)22(34)24(36)28(42-17)43-26-18-13(8-15(30)14(18)6-7-38-26)10-39-25(37)12-4-2-1-3-5-12/h1-8,14-24,26-36H,9-11H2/t14-,15-,16-,17-,18+,19-,20-,21+,22+,23-,24-,26-,27-,28+/m1/s1. The molecule has 43 heavy (non-hydrogen) atoms. The molecule has 0 aromatic heterocycles. The molecule has 0 bridgehead atoms. The summed E-state index contributed by atoms with van der Waals surface area (Å²) in [6.07, 6.45) is -13.6. The number of esters is 1. The van der Waals surface area contributed by atoms with Gasteiger partial charge in [0.15, 0.2) is 12.6 Å². The number of hydrogen-bond acceptors (Lipinski definition) is 15. The summed E-state index contributed by atoms with van der Waals surface area (Å²) < 4.78 is 33.4. The molecule has 0 spiro atoms. The third-order valence-electron chi connectivity index (χ3n) is 8.02. The van der Waals surface area contributed by atoms with Crippen LogP contribution in [0.15, 0.2) is 54.3 Å². The van der Waals surface area contributed by atoms with E-state index in [2.05, 4.69) is 0 Å². The molecule has 1 aromatic carbocycles. The zero-order valence-electron chi connectivity index (χ0n) is 22.8. The van der Waals surface area contributed by atoms with Gasteiger partial charge in [0.05, 0.1) is 37.1 Å². The topological polar surface area (TPSA) is 234 Å². The van der Waals surface area contributed by atoms with Gasteiger partial charge in [0.1, 0.15) is 55.4 Å². The molecule has 4 aliphatic rings. The van der Waals surface area contributed by atoms with Crippen molar-refractivity contribution in [3.05, 3.63) is 59.9 Å². The lowest BCUT2D eigenvalue weighted by atomic mass is 9.88. The molecule has 0 amide bonds. The Morgan fingerprint density at radius 2 is 1.44 bits per heavy atom. The second-order valence-electron chi connectivity index (χ2n) is 10.8. The Morgan fingerprint density at radius 3 is 2.14 bits per heavy atom. The van der Waals surface area contributed by atoms with Crippen molar-refractivity contribution in [2.75, 3.05) is 19.8 Å². The van der Waals surface area contributed by atoms with Gasteiger partial charge in [-0.1, -0.05) is 24.3 Å². The van der Waals surface area contributed by atoms with Crippen molar-refractivity contribution in [1.29, 1.82) is 0 Å². The zero-order chi connectivity index (χ0) is 30.8. The first kappa shape index (κ1) is 31.9. The van der Waals surface area contributed by atoms with Crippen LogP contribution in [0, 0.1) is 11.8 Å². The average molecular weight is 613 g/mol. The molecule has 2 saturated heterocycles. The largest absolute Gasteiger partial charge is 0.472 e. The lowest BCUT2D eigenvalue weighted by Crippen LogP contribution is -2.62. The molecule has 3 heterocycles. The highest BCUT2D eigenvalue weighted by Gasteiger charge is 2.50. The molecule has 0 saturated carbocycles. The van der Waals surface area contributed by atoms with Crippen LogP contribution in [0.25, 0.3) is 0 Å². The fourth-order valence-electron chi connectivity index (χ4n) is 5.55. The summed E-state index contributed by atoms with van der Waals surface area (Å²) in [6.45, 7) is -1.40. The summed E-state index contributed by atoms with van der Waals surface area (Å²) in [5.41, 5.74) is 0.832. The Labute approximate surface area is 245 Å². The molecule has 14 atom stereocenters. The van der Waals surface area contributed by atoms with Gasteiger partial charge in [0.25, 0.3) is 0 Å². The summed E-state index contributed by atoms with van der Waals surface area (Å²) in [4.78, 5) is 12.5. The molecule has 5 rings (SSSR count). The molecule has 1 aromatic rings. The van der Waals surface area contributed by atoms with Crippen LogP contribution in [0.1, 0.15) is 10.4 Å². The zero-order valence-corrected chi connectivity index (χ0v) is 22.8. The van der Waals surface area contributed by atoms with Crippen molar-refractivity contribution < 1.29 is 74.1 Å². The number of fused-ring (bicyclic) bond motifs is 1. The Hall–Kier alpha value is -2.51. The van der Waals surface area contributed by atoms with Crippen LogP contribution >= 0.6 is 0 Å². The van der Waals surface area contributed by atoms with Gasteiger partial charge < -0.3 is 69.3 Å². The molecular formula is C28H36O15. The van der Waals surface area contributed by atoms with Crippen LogP contribution in [0.5, 0.6) is 0 Å². The van der Waals surface area contributed by atoms with E-state index in [0.717, 1.165) is 0 Å². The SMILES string of the molecule is O=C(OCC1=C[C@@H](O)[C@H]2C=CO[C@H](O[C@@H]3O[C@H](CO[C@@H]4O[C@H](CO)[C@@H](O)[C@H](O)[C@H]4O)[C@@H](O)[C@H](O)[C@H]3O)[C@@H]12)c1ccccc1. The van der Waals surface area contributed by atoms with E-state index < -0.39 is 105 Å². The number of rotatable bonds is 9. The minimum Gasteiger partial charge on any atom is -0.472 e. The van der Waals surface area contributed by atoms with Crippen molar-refractivity contribution in [2.24, 2.45) is 11.8 Å². The molecule has 15 nitrogen and oxygen atoms in total. The number of aliphatic hydroxyl groups excluding tert-OH is 8. The maximum atomic E-state index is 12.5. The number of ether oxygens (including phenoxy) is 6. The van der Waals surface area contributed by atoms with Crippen molar-refractivity contribution in [3.63, 3.8) is 0 Å². The summed E-state index contributed by atoms with van der Waals surface area (Å²) in [7, 11) is 0. The molecule has 0 radical (unpaired) electrons. The molecule has 15 heteroatoms. The predicted octanol–water partition coefficient (Wildman–Crippen LogP) is -3.11. The second kappa shape index (κ2) is 13.6. The highest BCUT2D eigenvalue weighted by atomic mass is 16.8. The highest BCUT2D eigenvalue weighted by Crippen LogP contribution is 2.41. The number of benzene rings is 1. The van der Waals surface area contributed by atoms with E-state index in [9.17, 15) is 45.6 Å².